The van der Waals surface area contributed by atoms with Gasteiger partial charge in [-0.05, 0) is 80.2 Å². The Balaban J connectivity index is 1.56. The van der Waals surface area contributed by atoms with E-state index in [1.807, 2.05) is 0 Å². The summed E-state index contributed by atoms with van der Waals surface area (Å²) in [6, 6.07) is 3.53. The zero-order chi connectivity index (χ0) is 20.1. The number of fused-ring (bicyclic) bond motifs is 2. The molecular formula is C21H25NO5S. The van der Waals surface area contributed by atoms with Crippen LogP contribution in [-0.2, 0) is 52.5 Å². The van der Waals surface area contributed by atoms with Gasteiger partial charge in [0.2, 0.25) is 11.0 Å². The van der Waals surface area contributed by atoms with Gasteiger partial charge in [0.05, 0.1) is 18.3 Å². The standard InChI is InChI=1S/C21H25NO5S/c1-21(2,24)15-10-20(27-12-15)28(25,26)22-19(23)11-18-16-7-3-5-13(16)9-14-6-4-8-17(14)18/h9-10,12,24H,3-8,11H2,1-2H3,(H,22,23). The Morgan fingerprint density at radius 1 is 1.11 bits per heavy atom. The van der Waals surface area contributed by atoms with Gasteiger partial charge in [-0.1, -0.05) is 6.07 Å². The van der Waals surface area contributed by atoms with Crippen LogP contribution in [0.1, 0.15) is 60.1 Å². The molecule has 0 bridgehead atoms. The summed E-state index contributed by atoms with van der Waals surface area (Å²) in [4.78, 5) is 12.6. The first kappa shape index (κ1) is 19.2. The van der Waals surface area contributed by atoms with Crippen molar-refractivity contribution in [3.05, 3.63) is 51.8 Å². The lowest BCUT2D eigenvalue weighted by Crippen LogP contribution is -2.32. The molecule has 1 aromatic heterocycles. The maximum Gasteiger partial charge on any atom is 0.297 e. The number of rotatable bonds is 5. The highest BCUT2D eigenvalue weighted by molar-refractivity contribution is 7.89. The molecule has 7 heteroatoms. The van der Waals surface area contributed by atoms with Gasteiger partial charge in [0.25, 0.3) is 10.0 Å². The molecule has 1 amide bonds. The second-order valence-corrected chi connectivity index (χ2v) is 9.87. The molecule has 28 heavy (non-hydrogen) atoms. The summed E-state index contributed by atoms with van der Waals surface area (Å²) in [5.74, 6) is -0.560. The van der Waals surface area contributed by atoms with Crippen molar-refractivity contribution in [1.29, 1.82) is 0 Å². The Kier molecular flexibility index (Phi) is 4.62. The topological polar surface area (TPSA) is 96.6 Å². The van der Waals surface area contributed by atoms with Gasteiger partial charge in [-0.3, -0.25) is 4.79 Å². The van der Waals surface area contributed by atoms with Crippen LogP contribution in [0.15, 0.2) is 27.9 Å². The molecule has 2 N–H and O–H groups in total. The number of aryl methyl sites for hydroxylation is 2. The van der Waals surface area contributed by atoms with E-state index in [0.717, 1.165) is 44.1 Å². The van der Waals surface area contributed by atoms with Crippen molar-refractivity contribution in [3.63, 3.8) is 0 Å². The van der Waals surface area contributed by atoms with E-state index in [0.29, 0.717) is 5.56 Å². The van der Waals surface area contributed by atoms with E-state index in [2.05, 4.69) is 10.8 Å². The molecule has 2 aromatic rings. The summed E-state index contributed by atoms with van der Waals surface area (Å²) < 4.78 is 32.3. The second kappa shape index (κ2) is 6.74. The van der Waals surface area contributed by atoms with Gasteiger partial charge in [-0.15, -0.1) is 0 Å². The Morgan fingerprint density at radius 2 is 1.71 bits per heavy atom. The zero-order valence-electron chi connectivity index (χ0n) is 16.2. The van der Waals surface area contributed by atoms with Crippen molar-refractivity contribution < 1.29 is 22.7 Å². The van der Waals surface area contributed by atoms with Crippen molar-refractivity contribution in [1.82, 2.24) is 4.72 Å². The van der Waals surface area contributed by atoms with E-state index in [4.69, 9.17) is 4.42 Å². The fourth-order valence-corrected chi connectivity index (χ4v) is 5.25. The third-order valence-electron chi connectivity index (χ3n) is 5.73. The van der Waals surface area contributed by atoms with Gasteiger partial charge >= 0.3 is 0 Å². The first-order chi connectivity index (χ1) is 13.1. The second-order valence-electron chi connectivity index (χ2n) is 8.26. The molecule has 0 unspecified atom stereocenters. The summed E-state index contributed by atoms with van der Waals surface area (Å²) in [5.41, 5.74) is 5.21. The van der Waals surface area contributed by atoms with Gasteiger partial charge < -0.3 is 9.52 Å². The molecule has 6 nitrogen and oxygen atoms in total. The van der Waals surface area contributed by atoms with E-state index < -0.39 is 21.5 Å². The van der Waals surface area contributed by atoms with E-state index in [1.54, 1.807) is 0 Å². The molecule has 4 rings (SSSR count). The summed E-state index contributed by atoms with van der Waals surface area (Å²) >= 11 is 0. The summed E-state index contributed by atoms with van der Waals surface area (Å²) in [6.07, 6.45) is 7.37. The van der Waals surface area contributed by atoms with Gasteiger partial charge in [-0.2, -0.15) is 8.42 Å². The monoisotopic (exact) mass is 403 g/mol. The van der Waals surface area contributed by atoms with Crippen molar-refractivity contribution in [2.45, 2.75) is 69.5 Å². The fraction of sp³-hybridized carbons (Fsp3) is 0.476. The summed E-state index contributed by atoms with van der Waals surface area (Å²) in [5, 5.41) is 9.61. The number of hydrogen-bond acceptors (Lipinski definition) is 5. The Bertz CT molecular complexity index is 1010. The van der Waals surface area contributed by atoms with Crippen LogP contribution in [0.5, 0.6) is 0 Å². The number of carbonyl (C=O) groups excluding carboxylic acids is 1. The number of amides is 1. The lowest BCUT2D eigenvalue weighted by atomic mass is 9.92. The summed E-state index contributed by atoms with van der Waals surface area (Å²) in [7, 11) is -4.12. The van der Waals surface area contributed by atoms with Gasteiger partial charge in [-0.25, -0.2) is 4.72 Å². The van der Waals surface area contributed by atoms with Gasteiger partial charge in [0.15, 0.2) is 0 Å². The molecule has 0 radical (unpaired) electrons. The highest BCUT2D eigenvalue weighted by Crippen LogP contribution is 2.35. The van der Waals surface area contributed by atoms with Crippen LogP contribution in [0.3, 0.4) is 0 Å². The number of furan rings is 1. The molecule has 1 aromatic carbocycles. The minimum absolute atomic E-state index is 0.0593. The van der Waals surface area contributed by atoms with Crippen LogP contribution in [0.4, 0.5) is 0 Å². The quantitative estimate of drug-likeness (QED) is 0.800. The van der Waals surface area contributed by atoms with Crippen molar-refractivity contribution in [2.75, 3.05) is 0 Å². The Morgan fingerprint density at radius 3 is 2.25 bits per heavy atom. The number of nitrogens with one attached hydrogen (secondary N) is 1. The molecule has 0 fully saturated rings. The normalized spacial score (nSPS) is 16.1. The molecule has 1 heterocycles. The number of aliphatic hydroxyl groups is 1. The lowest BCUT2D eigenvalue weighted by molar-refractivity contribution is -0.118. The smallest absolute Gasteiger partial charge is 0.297 e. The number of hydrogen-bond donors (Lipinski definition) is 2. The molecule has 2 aliphatic carbocycles. The molecule has 0 atom stereocenters. The first-order valence-corrected chi connectivity index (χ1v) is 11.2. The minimum Gasteiger partial charge on any atom is -0.451 e. The average molecular weight is 404 g/mol. The molecule has 150 valence electrons. The van der Waals surface area contributed by atoms with Crippen LogP contribution in [0, 0.1) is 0 Å². The maximum atomic E-state index is 12.6. The molecule has 0 saturated carbocycles. The fourth-order valence-electron chi connectivity index (χ4n) is 4.32. The van der Waals surface area contributed by atoms with E-state index in [-0.39, 0.29) is 11.5 Å². The third kappa shape index (κ3) is 3.49. The van der Waals surface area contributed by atoms with Gasteiger partial charge in [0.1, 0.15) is 0 Å². The van der Waals surface area contributed by atoms with Crippen LogP contribution in [0.25, 0.3) is 0 Å². The van der Waals surface area contributed by atoms with E-state index in [1.165, 1.54) is 48.4 Å². The van der Waals surface area contributed by atoms with E-state index in [9.17, 15) is 18.3 Å². The highest BCUT2D eigenvalue weighted by atomic mass is 32.2. The van der Waals surface area contributed by atoms with Crippen molar-refractivity contribution >= 4 is 15.9 Å². The van der Waals surface area contributed by atoms with Crippen molar-refractivity contribution in [2.24, 2.45) is 0 Å². The van der Waals surface area contributed by atoms with Crippen LogP contribution >= 0.6 is 0 Å². The largest absolute Gasteiger partial charge is 0.451 e. The van der Waals surface area contributed by atoms with Crippen LogP contribution in [-0.4, -0.2) is 19.4 Å². The maximum absolute atomic E-state index is 12.6. The third-order valence-corrected chi connectivity index (χ3v) is 6.97. The molecule has 0 spiro atoms. The molecular weight excluding hydrogens is 378 g/mol. The number of carbonyl (C=O) groups is 1. The minimum atomic E-state index is -4.12. The van der Waals surface area contributed by atoms with Gasteiger partial charge in [0, 0.05) is 11.6 Å². The highest BCUT2D eigenvalue weighted by Gasteiger charge is 2.29. The first-order valence-electron chi connectivity index (χ1n) is 9.67. The predicted molar refractivity (Wildman–Crippen MR) is 103 cm³/mol. The zero-order valence-corrected chi connectivity index (χ0v) is 17.0. The van der Waals surface area contributed by atoms with Crippen molar-refractivity contribution in [3.8, 4) is 0 Å². The van der Waals surface area contributed by atoms with E-state index >= 15 is 0 Å². The van der Waals surface area contributed by atoms with Crippen LogP contribution in [0.2, 0.25) is 0 Å². The number of benzene rings is 1. The molecule has 2 aliphatic rings. The Labute approximate surface area is 165 Å². The predicted octanol–water partition coefficient (Wildman–Crippen LogP) is 2.53. The Hall–Kier alpha value is -2.12. The average Bonchev–Trinajstić information content (AvgIpc) is 3.33. The number of sulfonamides is 1. The molecule has 0 aliphatic heterocycles. The SMILES string of the molecule is CC(C)(O)c1coc(S(=O)(=O)NC(=O)Cc2c3c(cc4c2CCC4)CCC3)c1. The molecule has 0 saturated heterocycles. The van der Waals surface area contributed by atoms with Crippen LogP contribution < -0.4 is 4.72 Å². The lowest BCUT2D eigenvalue weighted by Gasteiger charge is -2.15. The summed E-state index contributed by atoms with van der Waals surface area (Å²) in [6.45, 7) is 3.06.